The molecule has 0 N–H and O–H groups in total. The van der Waals surface area contributed by atoms with Crippen molar-refractivity contribution in [2.75, 3.05) is 0 Å². The van der Waals surface area contributed by atoms with E-state index in [0.29, 0.717) is 0 Å². The molecule has 2 heteroatoms. The normalized spacial score (nSPS) is 21.2. The van der Waals surface area contributed by atoms with E-state index in [9.17, 15) is 0 Å². The lowest BCUT2D eigenvalue weighted by molar-refractivity contribution is 0.685. The Labute approximate surface area is 67.8 Å². The molecule has 0 aromatic carbocycles. The minimum absolute atomic E-state index is 0.0574. The molecule has 11 heavy (non-hydrogen) atoms. The van der Waals surface area contributed by atoms with Crippen molar-refractivity contribution >= 4 is 12.6 Å². The van der Waals surface area contributed by atoms with Crippen LogP contribution in [0.1, 0.15) is 27.2 Å². The maximum atomic E-state index is 4.18. The Morgan fingerprint density at radius 1 is 1.45 bits per heavy atom. The Hall–Kier alpha value is -0.920. The number of rotatable bonds is 1. The fourth-order valence-corrected chi connectivity index (χ4v) is 1.03. The van der Waals surface area contributed by atoms with Crippen molar-refractivity contribution in [1.29, 1.82) is 0 Å². The van der Waals surface area contributed by atoms with E-state index in [1.165, 1.54) is 0 Å². The SMILES string of the molecule is CCC1=CC(C)(C)C=NC=N1. The smallest absolute Gasteiger partial charge is 0.115 e. The number of allylic oxidation sites excluding steroid dienone is 2. The average Bonchev–Trinajstić information content (AvgIpc) is 2.10. The molecule has 0 fully saturated rings. The molecule has 0 unspecified atom stereocenters. The summed E-state index contributed by atoms with van der Waals surface area (Å²) >= 11 is 0. The number of aliphatic imine (C=N–C) groups is 2. The fourth-order valence-electron chi connectivity index (χ4n) is 1.03. The van der Waals surface area contributed by atoms with Crippen LogP contribution < -0.4 is 0 Å². The Morgan fingerprint density at radius 3 is 2.82 bits per heavy atom. The molecule has 0 bridgehead atoms. The van der Waals surface area contributed by atoms with Crippen LogP contribution in [0, 0.1) is 5.41 Å². The summed E-state index contributed by atoms with van der Waals surface area (Å²) < 4.78 is 0. The Bertz CT molecular complexity index is 222. The second-order valence-electron chi connectivity index (χ2n) is 3.33. The highest BCUT2D eigenvalue weighted by Crippen LogP contribution is 2.20. The van der Waals surface area contributed by atoms with Gasteiger partial charge in [-0.25, -0.2) is 9.98 Å². The zero-order valence-corrected chi connectivity index (χ0v) is 7.33. The van der Waals surface area contributed by atoms with Crippen molar-refractivity contribution in [3.63, 3.8) is 0 Å². The number of hydrogen-bond donors (Lipinski definition) is 0. The van der Waals surface area contributed by atoms with Crippen molar-refractivity contribution in [2.24, 2.45) is 15.4 Å². The predicted octanol–water partition coefficient (Wildman–Crippen LogP) is 2.42. The van der Waals surface area contributed by atoms with Gasteiger partial charge in [0.2, 0.25) is 0 Å². The molecule has 0 aromatic rings. The molecule has 60 valence electrons. The standard InChI is InChI=1S/C9H14N2/c1-4-8-5-9(2,3)6-10-7-11-8/h5-7H,4H2,1-3H3. The third-order valence-corrected chi connectivity index (χ3v) is 1.60. The summed E-state index contributed by atoms with van der Waals surface area (Å²) in [4.78, 5) is 8.23. The highest BCUT2D eigenvalue weighted by molar-refractivity contribution is 5.79. The van der Waals surface area contributed by atoms with E-state index in [0.717, 1.165) is 12.1 Å². The van der Waals surface area contributed by atoms with Gasteiger partial charge in [-0.3, -0.25) is 0 Å². The molecule has 1 aliphatic heterocycles. The van der Waals surface area contributed by atoms with Crippen LogP contribution in [-0.2, 0) is 0 Å². The molecular formula is C9H14N2. The summed E-state index contributed by atoms with van der Waals surface area (Å²) in [6.07, 6.45) is 6.66. The van der Waals surface area contributed by atoms with Crippen LogP contribution in [0.5, 0.6) is 0 Å². The van der Waals surface area contributed by atoms with Gasteiger partial charge in [0.15, 0.2) is 0 Å². The van der Waals surface area contributed by atoms with E-state index < -0.39 is 0 Å². The first-order chi connectivity index (χ1) is 5.14. The zero-order valence-electron chi connectivity index (χ0n) is 7.33. The van der Waals surface area contributed by atoms with Crippen molar-refractivity contribution in [1.82, 2.24) is 0 Å². The van der Waals surface area contributed by atoms with E-state index in [4.69, 9.17) is 0 Å². The zero-order chi connectivity index (χ0) is 8.32. The number of hydrogen-bond acceptors (Lipinski definition) is 2. The van der Waals surface area contributed by atoms with E-state index in [2.05, 4.69) is 36.8 Å². The van der Waals surface area contributed by atoms with E-state index in [-0.39, 0.29) is 5.41 Å². The summed E-state index contributed by atoms with van der Waals surface area (Å²) in [7, 11) is 0. The third kappa shape index (κ3) is 2.30. The van der Waals surface area contributed by atoms with Gasteiger partial charge in [-0.15, -0.1) is 0 Å². The van der Waals surface area contributed by atoms with Crippen LogP contribution in [0.4, 0.5) is 0 Å². The first-order valence-corrected chi connectivity index (χ1v) is 3.92. The van der Waals surface area contributed by atoms with Crippen molar-refractivity contribution in [3.8, 4) is 0 Å². The number of nitrogens with zero attached hydrogens (tertiary/aromatic N) is 2. The van der Waals surface area contributed by atoms with Gasteiger partial charge in [0.25, 0.3) is 0 Å². The topological polar surface area (TPSA) is 24.7 Å². The van der Waals surface area contributed by atoms with Gasteiger partial charge in [0.05, 0.1) is 0 Å². The highest BCUT2D eigenvalue weighted by atomic mass is 14.9. The average molecular weight is 150 g/mol. The van der Waals surface area contributed by atoms with E-state index in [1.807, 2.05) is 6.21 Å². The minimum atomic E-state index is 0.0574. The molecule has 0 amide bonds. The Balaban J connectivity index is 2.90. The molecule has 2 nitrogen and oxygen atoms in total. The summed E-state index contributed by atoms with van der Waals surface area (Å²) in [5.74, 6) is 0. The maximum Gasteiger partial charge on any atom is 0.115 e. The minimum Gasteiger partial charge on any atom is -0.248 e. The van der Waals surface area contributed by atoms with Gasteiger partial charge < -0.3 is 0 Å². The quantitative estimate of drug-likeness (QED) is 0.548. The van der Waals surface area contributed by atoms with Crippen LogP contribution >= 0.6 is 0 Å². The molecule has 0 aromatic heterocycles. The molecule has 0 radical (unpaired) electrons. The first kappa shape index (κ1) is 8.18. The second-order valence-corrected chi connectivity index (χ2v) is 3.33. The molecule has 1 rings (SSSR count). The van der Waals surface area contributed by atoms with Crippen molar-refractivity contribution in [2.45, 2.75) is 27.2 Å². The molecule has 0 saturated carbocycles. The van der Waals surface area contributed by atoms with Crippen molar-refractivity contribution < 1.29 is 0 Å². The first-order valence-electron chi connectivity index (χ1n) is 3.92. The van der Waals surface area contributed by atoms with Crippen LogP contribution in [0.3, 0.4) is 0 Å². The Kier molecular flexibility index (Phi) is 2.22. The molecule has 0 aliphatic carbocycles. The summed E-state index contributed by atoms with van der Waals surface area (Å²) in [6, 6.07) is 0. The van der Waals surface area contributed by atoms with Gasteiger partial charge in [0.1, 0.15) is 6.34 Å². The molecule has 0 saturated heterocycles. The van der Waals surface area contributed by atoms with Gasteiger partial charge in [-0.2, -0.15) is 0 Å². The van der Waals surface area contributed by atoms with E-state index >= 15 is 0 Å². The van der Waals surface area contributed by atoms with E-state index in [1.54, 1.807) is 6.34 Å². The molecule has 1 aliphatic rings. The second kappa shape index (κ2) is 2.99. The lowest BCUT2D eigenvalue weighted by Gasteiger charge is -2.12. The summed E-state index contributed by atoms with van der Waals surface area (Å²) in [5.41, 5.74) is 1.18. The third-order valence-electron chi connectivity index (χ3n) is 1.60. The van der Waals surface area contributed by atoms with Gasteiger partial charge in [-0.05, 0) is 6.42 Å². The lowest BCUT2D eigenvalue weighted by Crippen LogP contribution is -2.08. The molecular weight excluding hydrogens is 136 g/mol. The van der Waals surface area contributed by atoms with Gasteiger partial charge in [-0.1, -0.05) is 26.8 Å². The largest absolute Gasteiger partial charge is 0.248 e. The summed E-state index contributed by atoms with van der Waals surface area (Å²) in [6.45, 7) is 6.35. The van der Waals surface area contributed by atoms with Crippen LogP contribution in [0.15, 0.2) is 21.8 Å². The van der Waals surface area contributed by atoms with Gasteiger partial charge >= 0.3 is 0 Å². The Morgan fingerprint density at radius 2 is 2.18 bits per heavy atom. The van der Waals surface area contributed by atoms with Crippen LogP contribution in [0.2, 0.25) is 0 Å². The van der Waals surface area contributed by atoms with Crippen LogP contribution in [0.25, 0.3) is 0 Å². The lowest BCUT2D eigenvalue weighted by atomic mass is 9.94. The monoisotopic (exact) mass is 150 g/mol. The van der Waals surface area contributed by atoms with Crippen LogP contribution in [-0.4, -0.2) is 12.6 Å². The highest BCUT2D eigenvalue weighted by Gasteiger charge is 2.13. The molecule has 0 spiro atoms. The van der Waals surface area contributed by atoms with Crippen molar-refractivity contribution in [3.05, 3.63) is 11.8 Å². The fraction of sp³-hybridized carbons (Fsp3) is 0.556. The van der Waals surface area contributed by atoms with Gasteiger partial charge in [0, 0.05) is 17.3 Å². The molecule has 0 atom stereocenters. The predicted molar refractivity (Wildman–Crippen MR) is 49.1 cm³/mol. The summed E-state index contributed by atoms with van der Waals surface area (Å²) in [5, 5.41) is 0. The molecule has 1 heterocycles. The maximum absolute atomic E-state index is 4.18.